The molecule has 0 aromatic heterocycles. The molecule has 0 spiro atoms. The van der Waals surface area contributed by atoms with Gasteiger partial charge in [0.15, 0.2) is 5.78 Å². The second kappa shape index (κ2) is 10.0. The van der Waals surface area contributed by atoms with Crippen LogP contribution in [0.4, 0.5) is 0 Å². The molecule has 6 nitrogen and oxygen atoms in total. The standard InChI is InChI=1S/C28H26O6/c1-19-28(2,34-27(31)22-16-10-5-11-17-22)24(25(29)20-12-6-3-7-13-20)23(33-19)18-32-26(30)21-14-8-4-9-15-21/h3-17,19,23-24H,18H2,1-2H3. The normalized spacial score (nSPS) is 23.8. The number of carbonyl (C=O) groups is 3. The van der Waals surface area contributed by atoms with Crippen molar-refractivity contribution in [2.75, 3.05) is 6.61 Å². The lowest BCUT2D eigenvalue weighted by molar-refractivity contribution is -0.0573. The Hall–Kier alpha value is -3.77. The van der Waals surface area contributed by atoms with Crippen molar-refractivity contribution in [2.45, 2.75) is 31.7 Å². The van der Waals surface area contributed by atoms with E-state index in [4.69, 9.17) is 14.2 Å². The van der Waals surface area contributed by atoms with Crippen molar-refractivity contribution >= 4 is 17.7 Å². The van der Waals surface area contributed by atoms with E-state index in [-0.39, 0.29) is 12.4 Å². The maximum Gasteiger partial charge on any atom is 0.338 e. The number of ketones is 1. The van der Waals surface area contributed by atoms with Crippen LogP contribution < -0.4 is 0 Å². The average molecular weight is 459 g/mol. The van der Waals surface area contributed by atoms with Crippen LogP contribution in [0, 0.1) is 5.92 Å². The predicted molar refractivity (Wildman–Crippen MR) is 126 cm³/mol. The number of esters is 2. The molecule has 4 rings (SSSR count). The average Bonchev–Trinajstić information content (AvgIpc) is 3.12. The molecule has 0 aliphatic carbocycles. The van der Waals surface area contributed by atoms with Gasteiger partial charge in [0.05, 0.1) is 23.1 Å². The lowest BCUT2D eigenvalue weighted by Gasteiger charge is -2.33. The van der Waals surface area contributed by atoms with E-state index in [9.17, 15) is 14.4 Å². The SMILES string of the molecule is CC1OC(COC(=O)c2ccccc2)C(C(=O)c2ccccc2)C1(C)OC(=O)c1ccccc1. The molecular weight excluding hydrogens is 432 g/mol. The molecule has 3 aromatic carbocycles. The van der Waals surface area contributed by atoms with Crippen molar-refractivity contribution in [3.8, 4) is 0 Å². The van der Waals surface area contributed by atoms with Gasteiger partial charge in [-0.3, -0.25) is 4.79 Å². The molecule has 0 bridgehead atoms. The van der Waals surface area contributed by atoms with E-state index in [2.05, 4.69) is 0 Å². The van der Waals surface area contributed by atoms with E-state index < -0.39 is 35.7 Å². The Balaban J connectivity index is 1.61. The lowest BCUT2D eigenvalue weighted by Crippen LogP contribution is -2.48. The largest absolute Gasteiger partial charge is 0.459 e. The fraction of sp³-hybridized carbons (Fsp3) is 0.250. The summed E-state index contributed by atoms with van der Waals surface area (Å²) in [5, 5.41) is 0. The monoisotopic (exact) mass is 458 g/mol. The van der Waals surface area contributed by atoms with Crippen LogP contribution in [0.1, 0.15) is 44.9 Å². The summed E-state index contributed by atoms with van der Waals surface area (Å²) < 4.78 is 17.5. The Morgan fingerprint density at radius 1 is 0.765 bits per heavy atom. The summed E-state index contributed by atoms with van der Waals surface area (Å²) >= 11 is 0. The van der Waals surface area contributed by atoms with Crippen LogP contribution in [0.2, 0.25) is 0 Å². The number of carbonyl (C=O) groups excluding carboxylic acids is 3. The summed E-state index contributed by atoms with van der Waals surface area (Å²) in [6.45, 7) is 3.30. The van der Waals surface area contributed by atoms with Crippen LogP contribution in [0.25, 0.3) is 0 Å². The molecule has 34 heavy (non-hydrogen) atoms. The Bertz CT molecular complexity index is 1150. The van der Waals surface area contributed by atoms with E-state index in [0.29, 0.717) is 16.7 Å². The van der Waals surface area contributed by atoms with E-state index in [1.54, 1.807) is 98.8 Å². The third kappa shape index (κ3) is 4.77. The first kappa shape index (κ1) is 23.4. The molecule has 4 atom stereocenters. The number of Topliss-reactive ketones (excluding diaryl/α,β-unsaturated/α-hetero) is 1. The third-order valence-corrected chi connectivity index (χ3v) is 6.23. The topological polar surface area (TPSA) is 78.9 Å². The molecule has 1 aliphatic rings. The first-order chi connectivity index (χ1) is 16.4. The first-order valence-corrected chi connectivity index (χ1v) is 11.2. The highest BCUT2D eigenvalue weighted by Crippen LogP contribution is 2.42. The number of hydrogen-bond donors (Lipinski definition) is 0. The molecule has 1 saturated heterocycles. The fourth-order valence-corrected chi connectivity index (χ4v) is 4.24. The predicted octanol–water partition coefficient (Wildman–Crippen LogP) is 4.75. The summed E-state index contributed by atoms with van der Waals surface area (Å²) in [5.41, 5.74) is -0.0333. The summed E-state index contributed by atoms with van der Waals surface area (Å²) in [5.74, 6) is -2.18. The van der Waals surface area contributed by atoms with E-state index in [1.807, 2.05) is 6.07 Å². The molecule has 0 amide bonds. The zero-order valence-electron chi connectivity index (χ0n) is 19.0. The van der Waals surface area contributed by atoms with Crippen molar-refractivity contribution in [3.63, 3.8) is 0 Å². The second-order valence-electron chi connectivity index (χ2n) is 8.43. The number of rotatable bonds is 7. The summed E-state index contributed by atoms with van der Waals surface area (Å²) in [6, 6.07) is 26.0. The smallest absolute Gasteiger partial charge is 0.338 e. The van der Waals surface area contributed by atoms with E-state index in [1.165, 1.54) is 0 Å². The quantitative estimate of drug-likeness (QED) is 0.376. The molecule has 0 N–H and O–H groups in total. The Morgan fingerprint density at radius 3 is 1.76 bits per heavy atom. The highest BCUT2D eigenvalue weighted by Gasteiger charge is 2.58. The molecule has 6 heteroatoms. The van der Waals surface area contributed by atoms with Crippen molar-refractivity contribution < 1.29 is 28.6 Å². The molecule has 174 valence electrons. The minimum absolute atomic E-state index is 0.153. The maximum absolute atomic E-state index is 13.6. The van der Waals surface area contributed by atoms with Gasteiger partial charge in [0.25, 0.3) is 0 Å². The Kier molecular flexibility index (Phi) is 6.89. The minimum atomic E-state index is -1.27. The number of benzene rings is 3. The van der Waals surface area contributed by atoms with Gasteiger partial charge in [0, 0.05) is 5.56 Å². The first-order valence-electron chi connectivity index (χ1n) is 11.2. The summed E-state index contributed by atoms with van der Waals surface area (Å²) in [7, 11) is 0. The Morgan fingerprint density at radius 2 is 1.24 bits per heavy atom. The van der Waals surface area contributed by atoms with E-state index >= 15 is 0 Å². The van der Waals surface area contributed by atoms with Crippen LogP contribution in [0.3, 0.4) is 0 Å². The number of ether oxygens (including phenoxy) is 3. The summed E-state index contributed by atoms with van der Waals surface area (Å²) in [6.07, 6.45) is -1.40. The van der Waals surface area contributed by atoms with Gasteiger partial charge < -0.3 is 14.2 Å². The van der Waals surface area contributed by atoms with Gasteiger partial charge in [-0.1, -0.05) is 66.7 Å². The van der Waals surface area contributed by atoms with Gasteiger partial charge in [-0.15, -0.1) is 0 Å². The zero-order chi connectivity index (χ0) is 24.1. The lowest BCUT2D eigenvalue weighted by atomic mass is 9.79. The van der Waals surface area contributed by atoms with Crippen molar-refractivity contribution in [1.29, 1.82) is 0 Å². The molecule has 3 aromatic rings. The third-order valence-electron chi connectivity index (χ3n) is 6.23. The summed E-state index contributed by atoms with van der Waals surface area (Å²) in [4.78, 5) is 39.1. The van der Waals surface area contributed by atoms with Gasteiger partial charge in [-0.05, 0) is 38.1 Å². The fourth-order valence-electron chi connectivity index (χ4n) is 4.24. The van der Waals surface area contributed by atoms with Crippen LogP contribution in [-0.4, -0.2) is 42.1 Å². The van der Waals surface area contributed by atoms with Gasteiger partial charge in [0.2, 0.25) is 0 Å². The zero-order valence-corrected chi connectivity index (χ0v) is 19.0. The molecule has 0 radical (unpaired) electrons. The van der Waals surface area contributed by atoms with Crippen LogP contribution in [0.15, 0.2) is 91.0 Å². The van der Waals surface area contributed by atoms with E-state index in [0.717, 1.165) is 0 Å². The van der Waals surface area contributed by atoms with Crippen LogP contribution in [0.5, 0.6) is 0 Å². The highest BCUT2D eigenvalue weighted by molar-refractivity contribution is 6.00. The molecular formula is C28H26O6. The van der Waals surface area contributed by atoms with Gasteiger partial charge in [-0.25, -0.2) is 9.59 Å². The van der Waals surface area contributed by atoms with Gasteiger partial charge >= 0.3 is 11.9 Å². The molecule has 0 saturated carbocycles. The molecule has 4 unspecified atom stereocenters. The van der Waals surface area contributed by atoms with Crippen molar-refractivity contribution in [1.82, 2.24) is 0 Å². The molecule has 1 aliphatic heterocycles. The van der Waals surface area contributed by atoms with Gasteiger partial charge in [-0.2, -0.15) is 0 Å². The second-order valence-corrected chi connectivity index (χ2v) is 8.43. The molecule has 1 fully saturated rings. The minimum Gasteiger partial charge on any atom is -0.459 e. The van der Waals surface area contributed by atoms with Crippen molar-refractivity contribution in [3.05, 3.63) is 108 Å². The van der Waals surface area contributed by atoms with Gasteiger partial charge in [0.1, 0.15) is 18.3 Å². The number of hydrogen-bond acceptors (Lipinski definition) is 6. The molecule has 1 heterocycles. The van der Waals surface area contributed by atoms with Crippen LogP contribution in [-0.2, 0) is 14.2 Å². The van der Waals surface area contributed by atoms with Crippen molar-refractivity contribution in [2.24, 2.45) is 5.92 Å². The maximum atomic E-state index is 13.6. The van der Waals surface area contributed by atoms with Crippen LogP contribution >= 0.6 is 0 Å². The Labute approximate surface area is 198 Å². The highest BCUT2D eigenvalue weighted by atomic mass is 16.6.